The summed E-state index contributed by atoms with van der Waals surface area (Å²) < 4.78 is 5.01. The Morgan fingerprint density at radius 3 is 2.53 bits per heavy atom. The molecule has 2 aromatic rings. The van der Waals surface area contributed by atoms with Crippen molar-refractivity contribution < 1.29 is 4.74 Å². The minimum atomic E-state index is -0.604. The standard InChI is InChI=1S/C11H9NO3/c1-15-7-4-2-3-6(5-7)8-9(12)11(14)10(8)13/h2-5H,12H2,1H3. The highest BCUT2D eigenvalue weighted by atomic mass is 16.5. The lowest BCUT2D eigenvalue weighted by atomic mass is 9.99. The summed E-state index contributed by atoms with van der Waals surface area (Å²) in [6.07, 6.45) is 0. The van der Waals surface area contributed by atoms with E-state index in [0.717, 1.165) is 0 Å². The molecule has 4 nitrogen and oxygen atoms in total. The monoisotopic (exact) mass is 203 g/mol. The van der Waals surface area contributed by atoms with Crippen molar-refractivity contribution in [1.82, 2.24) is 0 Å². The molecule has 76 valence electrons. The molecule has 0 atom stereocenters. The molecule has 0 radical (unpaired) electrons. The second-order valence-corrected chi connectivity index (χ2v) is 3.18. The fourth-order valence-electron chi connectivity index (χ4n) is 1.47. The zero-order valence-electron chi connectivity index (χ0n) is 8.11. The number of benzene rings is 1. The molecule has 0 bridgehead atoms. The third-order valence-electron chi connectivity index (χ3n) is 2.31. The van der Waals surface area contributed by atoms with Crippen molar-refractivity contribution in [3.8, 4) is 16.9 Å². The summed E-state index contributed by atoms with van der Waals surface area (Å²) in [7, 11) is 1.53. The molecule has 0 unspecified atom stereocenters. The number of nitrogen functional groups attached to an aromatic ring is 1. The molecule has 0 aliphatic carbocycles. The maximum atomic E-state index is 11.2. The van der Waals surface area contributed by atoms with Gasteiger partial charge in [0.05, 0.1) is 18.4 Å². The first kappa shape index (κ1) is 9.45. The zero-order valence-corrected chi connectivity index (χ0v) is 8.11. The van der Waals surface area contributed by atoms with Crippen LogP contribution >= 0.6 is 0 Å². The number of ether oxygens (including phenoxy) is 1. The quantitative estimate of drug-likeness (QED) is 0.723. The summed E-state index contributed by atoms with van der Waals surface area (Å²) in [5.41, 5.74) is 5.27. The summed E-state index contributed by atoms with van der Waals surface area (Å²) in [5.74, 6) is 0.625. The number of methoxy groups -OCH3 is 1. The largest absolute Gasteiger partial charge is 0.497 e. The summed E-state index contributed by atoms with van der Waals surface area (Å²) in [5, 5.41) is 0. The average molecular weight is 203 g/mol. The number of hydrogen-bond acceptors (Lipinski definition) is 4. The van der Waals surface area contributed by atoms with Crippen molar-refractivity contribution >= 4 is 5.69 Å². The number of rotatable bonds is 2. The van der Waals surface area contributed by atoms with Crippen LogP contribution in [-0.4, -0.2) is 7.11 Å². The highest BCUT2D eigenvalue weighted by Crippen LogP contribution is 2.24. The van der Waals surface area contributed by atoms with E-state index in [1.165, 1.54) is 7.11 Å². The topological polar surface area (TPSA) is 69.4 Å². The van der Waals surface area contributed by atoms with E-state index >= 15 is 0 Å². The highest BCUT2D eigenvalue weighted by Gasteiger charge is 2.19. The number of hydrogen-bond donors (Lipinski definition) is 1. The van der Waals surface area contributed by atoms with E-state index in [-0.39, 0.29) is 5.69 Å². The fraction of sp³-hybridized carbons (Fsp3) is 0.0909. The van der Waals surface area contributed by atoms with E-state index in [1.54, 1.807) is 24.3 Å². The van der Waals surface area contributed by atoms with Gasteiger partial charge < -0.3 is 10.5 Å². The van der Waals surface area contributed by atoms with Crippen LogP contribution in [-0.2, 0) is 0 Å². The van der Waals surface area contributed by atoms with Crippen LogP contribution in [0, 0.1) is 0 Å². The molecule has 0 fully saturated rings. The molecule has 0 saturated heterocycles. The van der Waals surface area contributed by atoms with Crippen molar-refractivity contribution in [1.29, 1.82) is 0 Å². The van der Waals surface area contributed by atoms with Gasteiger partial charge in [-0.15, -0.1) is 0 Å². The van der Waals surface area contributed by atoms with Gasteiger partial charge in [0, 0.05) is 0 Å². The van der Waals surface area contributed by atoms with E-state index < -0.39 is 10.9 Å². The SMILES string of the molecule is COc1cccc(-c2c(N)c(=O)c2=O)c1. The van der Waals surface area contributed by atoms with Crippen molar-refractivity contribution in [2.45, 2.75) is 0 Å². The van der Waals surface area contributed by atoms with Crippen LogP contribution in [0.4, 0.5) is 5.69 Å². The molecule has 0 amide bonds. The molecule has 2 aromatic carbocycles. The Morgan fingerprint density at radius 2 is 1.93 bits per heavy atom. The van der Waals surface area contributed by atoms with E-state index in [2.05, 4.69) is 0 Å². The van der Waals surface area contributed by atoms with Crippen molar-refractivity contribution in [2.24, 2.45) is 0 Å². The molecular formula is C11H9NO3. The first-order valence-electron chi connectivity index (χ1n) is 4.38. The second-order valence-electron chi connectivity index (χ2n) is 3.18. The lowest BCUT2D eigenvalue weighted by molar-refractivity contribution is 0.415. The molecule has 0 spiro atoms. The van der Waals surface area contributed by atoms with Gasteiger partial charge in [-0.3, -0.25) is 9.59 Å². The maximum absolute atomic E-state index is 11.2. The van der Waals surface area contributed by atoms with Gasteiger partial charge in [-0.1, -0.05) is 12.1 Å². The minimum absolute atomic E-state index is 0.0354. The predicted molar refractivity (Wildman–Crippen MR) is 57.8 cm³/mol. The van der Waals surface area contributed by atoms with Crippen LogP contribution in [0.5, 0.6) is 5.75 Å². The highest BCUT2D eigenvalue weighted by molar-refractivity contribution is 5.80. The molecule has 0 aromatic heterocycles. The van der Waals surface area contributed by atoms with Crippen LogP contribution in [0.25, 0.3) is 11.1 Å². The summed E-state index contributed by atoms with van der Waals surface area (Å²) in [6.45, 7) is 0. The van der Waals surface area contributed by atoms with Crippen LogP contribution in [0.2, 0.25) is 0 Å². The molecule has 0 aliphatic rings. The van der Waals surface area contributed by atoms with Gasteiger partial charge in [0.2, 0.25) is 10.9 Å². The molecule has 4 heteroatoms. The van der Waals surface area contributed by atoms with Crippen LogP contribution < -0.4 is 21.3 Å². The van der Waals surface area contributed by atoms with E-state index in [0.29, 0.717) is 16.9 Å². The zero-order chi connectivity index (χ0) is 11.0. The molecule has 0 heterocycles. The minimum Gasteiger partial charge on any atom is -0.497 e. The fourth-order valence-corrected chi connectivity index (χ4v) is 1.47. The average Bonchev–Trinajstić information content (AvgIpc) is 2.29. The first-order valence-corrected chi connectivity index (χ1v) is 4.38. The molecular weight excluding hydrogens is 194 g/mol. The van der Waals surface area contributed by atoms with Crippen LogP contribution in [0.3, 0.4) is 0 Å². The van der Waals surface area contributed by atoms with Crippen molar-refractivity contribution in [3.63, 3.8) is 0 Å². The van der Waals surface area contributed by atoms with Gasteiger partial charge in [0.25, 0.3) is 0 Å². The Morgan fingerprint density at radius 1 is 1.20 bits per heavy atom. The van der Waals surface area contributed by atoms with Gasteiger partial charge in [0.15, 0.2) is 0 Å². The van der Waals surface area contributed by atoms with Gasteiger partial charge in [-0.05, 0) is 17.7 Å². The maximum Gasteiger partial charge on any atom is 0.249 e. The number of anilines is 1. The Hall–Kier alpha value is -2.10. The third-order valence-corrected chi connectivity index (χ3v) is 2.31. The predicted octanol–water partition coefficient (Wildman–Crippen LogP) is 0.540. The van der Waals surface area contributed by atoms with Crippen molar-refractivity contribution in [2.75, 3.05) is 12.8 Å². The summed E-state index contributed by atoms with van der Waals surface area (Å²) in [6, 6.07) is 6.89. The molecule has 0 aliphatic heterocycles. The first-order chi connectivity index (χ1) is 7.15. The Bertz CT molecular complexity index is 579. The van der Waals surface area contributed by atoms with Crippen molar-refractivity contribution in [3.05, 3.63) is 44.7 Å². The Kier molecular flexibility index (Phi) is 2.04. The molecule has 2 rings (SSSR count). The third kappa shape index (κ3) is 1.30. The Balaban J connectivity index is 2.56. The van der Waals surface area contributed by atoms with Crippen LogP contribution in [0.1, 0.15) is 0 Å². The van der Waals surface area contributed by atoms with E-state index in [9.17, 15) is 9.59 Å². The van der Waals surface area contributed by atoms with E-state index in [4.69, 9.17) is 10.5 Å². The molecule has 15 heavy (non-hydrogen) atoms. The lowest BCUT2D eigenvalue weighted by Crippen LogP contribution is -2.35. The molecule has 2 N–H and O–H groups in total. The smallest absolute Gasteiger partial charge is 0.249 e. The normalized spacial score (nSPS) is 10.5. The second kappa shape index (κ2) is 3.24. The van der Waals surface area contributed by atoms with E-state index in [1.807, 2.05) is 0 Å². The Labute approximate surface area is 85.6 Å². The summed E-state index contributed by atoms with van der Waals surface area (Å²) in [4.78, 5) is 22.2. The van der Waals surface area contributed by atoms with Crippen LogP contribution in [0.15, 0.2) is 33.9 Å². The van der Waals surface area contributed by atoms with Gasteiger partial charge in [0.1, 0.15) is 5.75 Å². The van der Waals surface area contributed by atoms with Gasteiger partial charge >= 0.3 is 0 Å². The van der Waals surface area contributed by atoms with Gasteiger partial charge in [-0.25, -0.2) is 0 Å². The summed E-state index contributed by atoms with van der Waals surface area (Å²) >= 11 is 0. The van der Waals surface area contributed by atoms with Gasteiger partial charge in [-0.2, -0.15) is 0 Å². The molecule has 0 saturated carbocycles. The number of nitrogens with two attached hydrogens (primary N) is 1. The lowest BCUT2D eigenvalue weighted by Gasteiger charge is -2.07.